The number of likely N-dealkylation sites (tertiary alicyclic amines) is 1. The summed E-state index contributed by atoms with van der Waals surface area (Å²) in [5.41, 5.74) is 4.66. The van der Waals surface area contributed by atoms with Crippen molar-refractivity contribution in [1.82, 2.24) is 10.2 Å². The van der Waals surface area contributed by atoms with E-state index in [0.29, 0.717) is 25.3 Å². The first kappa shape index (κ1) is 23.4. The molecular weight excluding hydrogens is 444 g/mol. The van der Waals surface area contributed by atoms with Gasteiger partial charge in [0.05, 0.1) is 11.8 Å². The van der Waals surface area contributed by atoms with Crippen molar-refractivity contribution in [3.8, 4) is 11.1 Å². The van der Waals surface area contributed by atoms with Crippen molar-refractivity contribution in [2.45, 2.75) is 38.0 Å². The molecule has 7 heteroatoms. The Bertz CT molecular complexity index is 1070. The number of rotatable bonds is 8. The van der Waals surface area contributed by atoms with E-state index in [0.717, 1.165) is 30.4 Å². The molecule has 2 N–H and O–H groups in total. The largest absolute Gasteiger partial charge is 0.481 e. The number of amides is 2. The van der Waals surface area contributed by atoms with Gasteiger partial charge in [0, 0.05) is 25.6 Å². The van der Waals surface area contributed by atoms with Crippen LogP contribution in [0.15, 0.2) is 48.5 Å². The van der Waals surface area contributed by atoms with E-state index in [-0.39, 0.29) is 37.4 Å². The van der Waals surface area contributed by atoms with Crippen molar-refractivity contribution < 1.29 is 24.2 Å². The number of hydrogen-bond acceptors (Lipinski definition) is 4. The van der Waals surface area contributed by atoms with Gasteiger partial charge in [-0.05, 0) is 47.4 Å². The van der Waals surface area contributed by atoms with Crippen molar-refractivity contribution in [3.05, 3.63) is 59.7 Å². The highest BCUT2D eigenvalue weighted by atomic mass is 16.5. The number of fused-ring (bicyclic) bond motifs is 3. The molecule has 0 aromatic heterocycles. The quantitative estimate of drug-likeness (QED) is 0.593. The second kappa shape index (κ2) is 10.1. The number of alkyl carbamates (subject to hydrolysis) is 1. The summed E-state index contributed by atoms with van der Waals surface area (Å²) < 4.78 is 5.63. The molecule has 3 aliphatic rings. The third kappa shape index (κ3) is 5.19. The van der Waals surface area contributed by atoms with Crippen molar-refractivity contribution in [2.24, 2.45) is 17.8 Å². The number of carboxylic acid groups (broad SMARTS) is 1. The summed E-state index contributed by atoms with van der Waals surface area (Å²) >= 11 is 0. The van der Waals surface area contributed by atoms with Crippen LogP contribution in [-0.4, -0.2) is 54.2 Å². The zero-order chi connectivity index (χ0) is 24.4. The first-order valence-electron chi connectivity index (χ1n) is 12.6. The van der Waals surface area contributed by atoms with Gasteiger partial charge in [-0.25, -0.2) is 4.79 Å². The lowest BCUT2D eigenvalue weighted by Gasteiger charge is -2.33. The molecule has 35 heavy (non-hydrogen) atoms. The summed E-state index contributed by atoms with van der Waals surface area (Å²) in [6, 6.07) is 16.4. The van der Waals surface area contributed by atoms with Crippen LogP contribution < -0.4 is 5.32 Å². The Balaban J connectivity index is 1.18. The molecule has 1 aliphatic heterocycles. The van der Waals surface area contributed by atoms with Crippen molar-refractivity contribution in [2.75, 3.05) is 26.2 Å². The molecule has 1 saturated carbocycles. The van der Waals surface area contributed by atoms with Gasteiger partial charge in [-0.1, -0.05) is 61.4 Å². The second-order valence-electron chi connectivity index (χ2n) is 10.0. The van der Waals surface area contributed by atoms with Crippen LogP contribution >= 0.6 is 0 Å². The molecule has 0 radical (unpaired) electrons. The minimum Gasteiger partial charge on any atom is -0.481 e. The maximum Gasteiger partial charge on any atom is 0.407 e. The highest BCUT2D eigenvalue weighted by Gasteiger charge is 2.35. The molecule has 2 aromatic carbocycles. The number of aliphatic carboxylic acids is 1. The highest BCUT2D eigenvalue weighted by Crippen LogP contribution is 2.44. The van der Waals surface area contributed by atoms with Crippen LogP contribution in [0.4, 0.5) is 4.79 Å². The minimum absolute atomic E-state index is 0.0154. The summed E-state index contributed by atoms with van der Waals surface area (Å²) in [5, 5.41) is 12.2. The smallest absolute Gasteiger partial charge is 0.407 e. The average molecular weight is 477 g/mol. The Morgan fingerprint density at radius 2 is 1.66 bits per heavy atom. The van der Waals surface area contributed by atoms with E-state index in [1.165, 1.54) is 11.1 Å². The Labute approximate surface area is 205 Å². The molecule has 0 spiro atoms. The van der Waals surface area contributed by atoms with Crippen LogP contribution in [0.2, 0.25) is 0 Å². The summed E-state index contributed by atoms with van der Waals surface area (Å²) in [6.45, 7) is 1.27. The first-order valence-corrected chi connectivity index (χ1v) is 12.6. The molecule has 184 valence electrons. The van der Waals surface area contributed by atoms with Crippen molar-refractivity contribution >= 4 is 18.0 Å². The molecule has 1 saturated heterocycles. The number of nitrogens with one attached hydrogen (secondary N) is 1. The number of hydrogen-bond donors (Lipinski definition) is 2. The van der Waals surface area contributed by atoms with Crippen LogP contribution in [0.1, 0.15) is 49.1 Å². The van der Waals surface area contributed by atoms with E-state index >= 15 is 0 Å². The molecule has 2 aliphatic carbocycles. The molecule has 1 heterocycles. The first-order chi connectivity index (χ1) is 17.0. The summed E-state index contributed by atoms with van der Waals surface area (Å²) in [4.78, 5) is 39.0. The van der Waals surface area contributed by atoms with Crippen LogP contribution in [0.5, 0.6) is 0 Å². The van der Waals surface area contributed by atoms with E-state index in [1.807, 2.05) is 24.3 Å². The van der Waals surface area contributed by atoms with Gasteiger partial charge in [0.15, 0.2) is 0 Å². The van der Waals surface area contributed by atoms with Crippen LogP contribution in [-0.2, 0) is 14.3 Å². The van der Waals surface area contributed by atoms with E-state index in [9.17, 15) is 19.5 Å². The van der Waals surface area contributed by atoms with Gasteiger partial charge >= 0.3 is 12.1 Å². The van der Waals surface area contributed by atoms with E-state index in [1.54, 1.807) is 4.90 Å². The van der Waals surface area contributed by atoms with Gasteiger partial charge in [-0.2, -0.15) is 0 Å². The summed E-state index contributed by atoms with van der Waals surface area (Å²) in [6.07, 6.45) is 3.70. The van der Waals surface area contributed by atoms with E-state index in [2.05, 4.69) is 29.6 Å². The van der Waals surface area contributed by atoms with Crippen molar-refractivity contribution in [3.63, 3.8) is 0 Å². The molecular formula is C28H32N2O5. The number of carbonyl (C=O) groups is 3. The number of carbonyl (C=O) groups excluding carboxylic acids is 2. The van der Waals surface area contributed by atoms with Gasteiger partial charge in [0.2, 0.25) is 5.91 Å². The van der Waals surface area contributed by atoms with Crippen LogP contribution in [0.3, 0.4) is 0 Å². The highest BCUT2D eigenvalue weighted by molar-refractivity contribution is 5.81. The lowest BCUT2D eigenvalue weighted by Crippen LogP contribution is -2.47. The third-order valence-electron chi connectivity index (χ3n) is 7.58. The third-order valence-corrected chi connectivity index (χ3v) is 7.58. The predicted molar refractivity (Wildman–Crippen MR) is 131 cm³/mol. The number of benzene rings is 2. The molecule has 5 rings (SSSR count). The summed E-state index contributed by atoms with van der Waals surface area (Å²) in [5.74, 6) is -1.27. The second-order valence-corrected chi connectivity index (χ2v) is 10.0. The molecule has 2 atom stereocenters. The molecule has 2 aromatic rings. The topological polar surface area (TPSA) is 95.9 Å². The van der Waals surface area contributed by atoms with Gasteiger partial charge < -0.3 is 20.1 Å². The number of nitrogens with zero attached hydrogens (tertiary/aromatic N) is 1. The van der Waals surface area contributed by atoms with Gasteiger partial charge in [-0.3, -0.25) is 9.59 Å². The fourth-order valence-corrected chi connectivity index (χ4v) is 5.52. The Morgan fingerprint density at radius 1 is 1.00 bits per heavy atom. The fourth-order valence-electron chi connectivity index (χ4n) is 5.52. The summed E-state index contributed by atoms with van der Waals surface area (Å²) in [7, 11) is 0. The van der Waals surface area contributed by atoms with Gasteiger partial charge in [-0.15, -0.1) is 0 Å². The maximum atomic E-state index is 13.2. The number of piperidine rings is 1. The van der Waals surface area contributed by atoms with E-state index in [4.69, 9.17) is 4.74 Å². The molecule has 1 unspecified atom stereocenters. The lowest BCUT2D eigenvalue weighted by atomic mass is 9.94. The molecule has 7 nitrogen and oxygen atoms in total. The molecule has 2 amide bonds. The fraction of sp³-hybridized carbons (Fsp3) is 0.464. The maximum absolute atomic E-state index is 13.2. The number of ether oxygens (including phenoxy) is 1. The van der Waals surface area contributed by atoms with Gasteiger partial charge in [0.1, 0.15) is 6.61 Å². The SMILES string of the molecule is O=C(NCC(CC1CC1)C(=O)N1CCC[C@H](C(=O)O)C1)OCC1c2ccccc2-c2ccccc21. The lowest BCUT2D eigenvalue weighted by molar-refractivity contribution is -0.146. The minimum atomic E-state index is -0.849. The van der Waals surface area contributed by atoms with Gasteiger partial charge in [0.25, 0.3) is 0 Å². The van der Waals surface area contributed by atoms with E-state index < -0.39 is 18.0 Å². The van der Waals surface area contributed by atoms with Crippen molar-refractivity contribution in [1.29, 1.82) is 0 Å². The van der Waals surface area contributed by atoms with Crippen LogP contribution in [0.25, 0.3) is 11.1 Å². The predicted octanol–water partition coefficient (Wildman–Crippen LogP) is 4.26. The monoisotopic (exact) mass is 476 g/mol. The standard InChI is InChI=1S/C28H32N2O5/c31-26(30-13-5-6-19(16-30)27(32)33)20(14-18-11-12-18)15-29-28(34)35-17-25-23-9-3-1-7-21(23)22-8-2-4-10-24(22)25/h1-4,7-10,18-20,25H,5-6,11-17H2,(H,29,34)(H,32,33)/t19-,20?/m0/s1. The number of carboxylic acids is 1. The Kier molecular flexibility index (Phi) is 6.75. The zero-order valence-electron chi connectivity index (χ0n) is 19.8. The Hall–Kier alpha value is -3.35. The normalized spacial score (nSPS) is 20.0. The zero-order valence-corrected chi connectivity index (χ0v) is 19.8. The molecule has 0 bridgehead atoms. The molecule has 2 fully saturated rings. The Morgan fingerprint density at radius 3 is 2.29 bits per heavy atom. The van der Waals surface area contributed by atoms with Crippen LogP contribution in [0, 0.1) is 17.8 Å². The average Bonchev–Trinajstić information content (AvgIpc) is 3.65.